The molecule has 1 amide bonds. The Kier molecular flexibility index (Phi) is 9.99. The fourth-order valence-corrected chi connectivity index (χ4v) is 5.57. The number of aromatic nitrogens is 1. The van der Waals surface area contributed by atoms with Crippen molar-refractivity contribution >= 4 is 33.5 Å². The third-order valence-corrected chi connectivity index (χ3v) is 7.92. The average molecular weight is 562 g/mol. The van der Waals surface area contributed by atoms with Gasteiger partial charge in [0.15, 0.2) is 5.37 Å². The third kappa shape index (κ3) is 7.03. The predicted molar refractivity (Wildman–Crippen MR) is 155 cm³/mol. The van der Waals surface area contributed by atoms with E-state index in [4.69, 9.17) is 4.74 Å². The van der Waals surface area contributed by atoms with Gasteiger partial charge in [0.1, 0.15) is 5.75 Å². The lowest BCUT2D eigenvalue weighted by atomic mass is 10.0. The van der Waals surface area contributed by atoms with Gasteiger partial charge in [-0.2, -0.15) is 0 Å². The van der Waals surface area contributed by atoms with E-state index in [1.807, 2.05) is 0 Å². The highest BCUT2D eigenvalue weighted by Gasteiger charge is 2.31. The molecule has 0 bridgehead atoms. The third-order valence-electron chi connectivity index (χ3n) is 5.98. The number of pyridine rings is 1. The number of amides is 1. The number of nitrogens with zero attached hydrogens (tertiary/aromatic N) is 2. The minimum absolute atomic E-state index is 0.0193. The van der Waals surface area contributed by atoms with Crippen molar-refractivity contribution < 1.29 is 27.9 Å². The molecule has 0 aliphatic carbocycles. The van der Waals surface area contributed by atoms with Crippen molar-refractivity contribution in [2.24, 2.45) is 0 Å². The van der Waals surface area contributed by atoms with Crippen LogP contribution in [0.1, 0.15) is 32.4 Å². The van der Waals surface area contributed by atoms with Crippen molar-refractivity contribution in [3.63, 3.8) is 0 Å². The lowest BCUT2D eigenvalue weighted by molar-refractivity contribution is -0.125. The number of hydrogen-bond acceptors (Lipinski definition) is 7. The van der Waals surface area contributed by atoms with Gasteiger partial charge >= 0.3 is 5.97 Å². The number of rotatable bonds is 13. The fourth-order valence-electron chi connectivity index (χ4n) is 4.01. The summed E-state index contributed by atoms with van der Waals surface area (Å²) in [7, 11) is -2.59. The van der Waals surface area contributed by atoms with E-state index >= 15 is 0 Å². The Hall–Kier alpha value is -4.70. The van der Waals surface area contributed by atoms with Gasteiger partial charge in [-0.1, -0.05) is 18.2 Å². The molecular formula is C30H31N3O6S. The van der Waals surface area contributed by atoms with Crippen LogP contribution in [0.25, 0.3) is 6.08 Å². The molecule has 208 valence electrons. The maximum absolute atomic E-state index is 13.8. The second kappa shape index (κ2) is 13.4. The van der Waals surface area contributed by atoms with Crippen molar-refractivity contribution in [1.29, 1.82) is 0 Å². The highest BCUT2D eigenvalue weighted by atomic mass is 32.2. The van der Waals surface area contributed by atoms with Crippen LogP contribution in [0.2, 0.25) is 0 Å². The minimum Gasteiger partial charge on any atom is -0.497 e. The lowest BCUT2D eigenvalue weighted by Crippen LogP contribution is -2.29. The molecule has 3 rings (SSSR count). The molecule has 0 aliphatic heterocycles. The summed E-state index contributed by atoms with van der Waals surface area (Å²) >= 11 is 0. The number of anilines is 1. The Bertz CT molecular complexity index is 1510. The molecule has 1 atom stereocenters. The molecule has 1 heterocycles. The van der Waals surface area contributed by atoms with Crippen LogP contribution in [0.4, 0.5) is 5.69 Å². The molecule has 2 aromatic carbocycles. The number of methoxy groups -OCH3 is 1. The first kappa shape index (κ1) is 29.9. The second-order valence-corrected chi connectivity index (χ2v) is 10.8. The topological polar surface area (TPSA) is 126 Å². The molecule has 1 unspecified atom stereocenters. The Morgan fingerprint density at radius 1 is 1.12 bits per heavy atom. The molecule has 1 aromatic heterocycles. The standard InChI is InChI=1S/C30H31N3O6S/c1-5-16-33(17-6-2)27(34)14-9-22-18-21(3)28(26(19-22)30(35)36)32-29(23-8-7-15-31-20-23)40(37,38)25-12-10-24(39-4)11-13-25/h5-15,18-20,29,32H,1-2,16-17H2,3-4H3,(H,35,36)/b14-9+. The van der Waals surface area contributed by atoms with E-state index in [1.54, 1.807) is 37.3 Å². The van der Waals surface area contributed by atoms with Gasteiger partial charge in [0.05, 0.1) is 23.3 Å². The second-order valence-electron chi connectivity index (χ2n) is 8.75. The van der Waals surface area contributed by atoms with Crippen LogP contribution in [-0.4, -0.2) is 55.5 Å². The molecule has 0 fully saturated rings. The first-order valence-corrected chi connectivity index (χ1v) is 13.8. The van der Waals surface area contributed by atoms with Gasteiger partial charge in [0.2, 0.25) is 15.7 Å². The van der Waals surface area contributed by atoms with Crippen LogP contribution in [0, 0.1) is 6.92 Å². The van der Waals surface area contributed by atoms with Crippen LogP contribution < -0.4 is 10.1 Å². The predicted octanol–water partition coefficient (Wildman–Crippen LogP) is 4.90. The number of hydrogen-bond donors (Lipinski definition) is 2. The van der Waals surface area contributed by atoms with Gasteiger partial charge in [0.25, 0.3) is 0 Å². The van der Waals surface area contributed by atoms with E-state index in [0.717, 1.165) is 0 Å². The Labute approximate surface area is 234 Å². The molecule has 0 saturated heterocycles. The number of aromatic carboxylic acids is 1. The van der Waals surface area contributed by atoms with Gasteiger partial charge in [-0.15, -0.1) is 13.2 Å². The molecular weight excluding hydrogens is 530 g/mol. The van der Waals surface area contributed by atoms with Gasteiger partial charge in [0, 0.05) is 37.1 Å². The summed E-state index contributed by atoms with van der Waals surface area (Å²) in [6, 6.07) is 12.2. The van der Waals surface area contributed by atoms with Crippen LogP contribution in [0.3, 0.4) is 0 Å². The van der Waals surface area contributed by atoms with E-state index in [9.17, 15) is 23.1 Å². The van der Waals surface area contributed by atoms with E-state index in [2.05, 4.69) is 23.5 Å². The summed E-state index contributed by atoms with van der Waals surface area (Å²) in [5.41, 5.74) is 1.23. The molecule has 0 spiro atoms. The number of benzene rings is 2. The summed E-state index contributed by atoms with van der Waals surface area (Å²) in [5.74, 6) is -1.06. The SMILES string of the molecule is C=CCN(CC=C)C(=O)/C=C/c1cc(C)c(NC(c2cccnc2)S(=O)(=O)c2ccc(OC)cc2)c(C(=O)O)c1. The normalized spacial score (nSPS) is 11.9. The largest absolute Gasteiger partial charge is 0.497 e. The Morgan fingerprint density at radius 2 is 1.80 bits per heavy atom. The summed E-state index contributed by atoms with van der Waals surface area (Å²) in [4.78, 5) is 30.5. The number of nitrogens with one attached hydrogen (secondary N) is 1. The minimum atomic E-state index is -4.07. The summed E-state index contributed by atoms with van der Waals surface area (Å²) in [6.07, 6.45) is 8.98. The molecule has 3 aromatic rings. The van der Waals surface area contributed by atoms with E-state index in [-0.39, 0.29) is 22.1 Å². The van der Waals surface area contributed by atoms with E-state index in [0.29, 0.717) is 35.5 Å². The Morgan fingerprint density at radius 3 is 2.35 bits per heavy atom. The van der Waals surface area contributed by atoms with Gasteiger partial charge in [-0.05, 0) is 66.6 Å². The van der Waals surface area contributed by atoms with Crippen LogP contribution >= 0.6 is 0 Å². The summed E-state index contributed by atoms with van der Waals surface area (Å²) in [6.45, 7) is 9.62. The molecule has 10 heteroatoms. The number of carbonyl (C=O) groups excluding carboxylic acids is 1. The molecule has 2 N–H and O–H groups in total. The quantitative estimate of drug-likeness (QED) is 0.223. The van der Waals surface area contributed by atoms with Crippen LogP contribution in [-0.2, 0) is 14.6 Å². The van der Waals surface area contributed by atoms with Gasteiger partial charge in [-0.25, -0.2) is 13.2 Å². The van der Waals surface area contributed by atoms with Crippen molar-refractivity contribution in [3.05, 3.63) is 115 Å². The maximum Gasteiger partial charge on any atom is 0.337 e. The van der Waals surface area contributed by atoms with Crippen molar-refractivity contribution in [1.82, 2.24) is 9.88 Å². The van der Waals surface area contributed by atoms with E-state index < -0.39 is 21.2 Å². The number of aryl methyl sites for hydroxylation is 1. The zero-order chi connectivity index (χ0) is 29.3. The number of ether oxygens (including phenoxy) is 1. The monoisotopic (exact) mass is 561 g/mol. The van der Waals surface area contributed by atoms with Gasteiger partial charge in [-0.3, -0.25) is 9.78 Å². The first-order chi connectivity index (χ1) is 19.1. The highest BCUT2D eigenvalue weighted by Crippen LogP contribution is 2.34. The molecule has 40 heavy (non-hydrogen) atoms. The van der Waals surface area contributed by atoms with Crippen LogP contribution in [0.5, 0.6) is 5.75 Å². The van der Waals surface area contributed by atoms with Crippen molar-refractivity contribution in [3.8, 4) is 5.75 Å². The van der Waals surface area contributed by atoms with Crippen molar-refractivity contribution in [2.45, 2.75) is 17.2 Å². The smallest absolute Gasteiger partial charge is 0.337 e. The Balaban J connectivity index is 2.05. The number of carboxylic acid groups (broad SMARTS) is 1. The molecule has 9 nitrogen and oxygen atoms in total. The highest BCUT2D eigenvalue weighted by molar-refractivity contribution is 7.91. The van der Waals surface area contributed by atoms with Gasteiger partial charge < -0.3 is 20.1 Å². The summed E-state index contributed by atoms with van der Waals surface area (Å²) < 4.78 is 32.7. The van der Waals surface area contributed by atoms with Crippen LogP contribution in [0.15, 0.2) is 97.2 Å². The number of carboxylic acids is 1. The maximum atomic E-state index is 13.8. The van der Waals surface area contributed by atoms with Crippen molar-refractivity contribution in [2.75, 3.05) is 25.5 Å². The molecule has 0 saturated carbocycles. The van der Waals surface area contributed by atoms with E-state index in [1.165, 1.54) is 66.9 Å². The number of sulfone groups is 1. The molecule has 0 aliphatic rings. The zero-order valence-electron chi connectivity index (χ0n) is 22.3. The lowest BCUT2D eigenvalue weighted by Gasteiger charge is -2.23. The first-order valence-electron chi connectivity index (χ1n) is 12.2. The fraction of sp³-hybridized carbons (Fsp3) is 0.167. The zero-order valence-corrected chi connectivity index (χ0v) is 23.1. The molecule has 0 radical (unpaired) electrons. The number of carbonyl (C=O) groups is 2. The summed E-state index contributed by atoms with van der Waals surface area (Å²) in [5, 5.41) is 11.7. The average Bonchev–Trinajstić information content (AvgIpc) is 2.95.